The molecule has 2 aromatic heterocycles. The average molecular weight is 217 g/mol. The van der Waals surface area contributed by atoms with Crippen LogP contribution in [-0.2, 0) is 0 Å². The molecule has 6 heteroatoms. The van der Waals surface area contributed by atoms with Gasteiger partial charge >= 0.3 is 0 Å². The van der Waals surface area contributed by atoms with Crippen molar-refractivity contribution in [1.82, 2.24) is 14.5 Å². The van der Waals surface area contributed by atoms with Crippen LogP contribution in [0.4, 0.5) is 0 Å². The van der Waals surface area contributed by atoms with Crippen molar-refractivity contribution in [2.24, 2.45) is 10.9 Å². The van der Waals surface area contributed by atoms with Gasteiger partial charge in [-0.05, 0) is 19.1 Å². The van der Waals surface area contributed by atoms with E-state index in [1.807, 2.05) is 19.1 Å². The van der Waals surface area contributed by atoms with Crippen LogP contribution in [0.15, 0.2) is 35.9 Å². The van der Waals surface area contributed by atoms with E-state index >= 15 is 0 Å². The first-order chi connectivity index (χ1) is 7.72. The van der Waals surface area contributed by atoms with Crippen LogP contribution < -0.4 is 5.73 Å². The molecule has 6 nitrogen and oxygen atoms in total. The van der Waals surface area contributed by atoms with Gasteiger partial charge in [-0.25, -0.2) is 4.98 Å². The van der Waals surface area contributed by atoms with Crippen molar-refractivity contribution < 1.29 is 5.21 Å². The lowest BCUT2D eigenvalue weighted by Crippen LogP contribution is -2.18. The van der Waals surface area contributed by atoms with Crippen molar-refractivity contribution in [2.75, 3.05) is 0 Å². The van der Waals surface area contributed by atoms with E-state index in [1.54, 1.807) is 23.2 Å². The predicted molar refractivity (Wildman–Crippen MR) is 58.6 cm³/mol. The third-order valence-electron chi connectivity index (χ3n) is 2.14. The predicted octanol–water partition coefficient (Wildman–Crippen LogP) is 0.670. The summed E-state index contributed by atoms with van der Waals surface area (Å²) >= 11 is 0. The highest BCUT2D eigenvalue weighted by Crippen LogP contribution is 2.10. The van der Waals surface area contributed by atoms with Crippen LogP contribution in [0.3, 0.4) is 0 Å². The monoisotopic (exact) mass is 217 g/mol. The summed E-state index contributed by atoms with van der Waals surface area (Å²) < 4.78 is 1.73. The number of imidazole rings is 1. The first-order valence-electron chi connectivity index (χ1n) is 4.66. The number of nitrogens with zero attached hydrogens (tertiary/aromatic N) is 4. The summed E-state index contributed by atoms with van der Waals surface area (Å²) in [6.45, 7) is 1.89. The van der Waals surface area contributed by atoms with Crippen molar-refractivity contribution in [2.45, 2.75) is 6.92 Å². The fourth-order valence-corrected chi connectivity index (χ4v) is 1.43. The minimum absolute atomic E-state index is 0.0283. The number of pyridine rings is 1. The van der Waals surface area contributed by atoms with Crippen molar-refractivity contribution in [3.05, 3.63) is 42.2 Å². The first-order valence-corrected chi connectivity index (χ1v) is 4.66. The van der Waals surface area contributed by atoms with Gasteiger partial charge in [0.05, 0.1) is 5.69 Å². The van der Waals surface area contributed by atoms with E-state index in [2.05, 4.69) is 15.1 Å². The summed E-state index contributed by atoms with van der Waals surface area (Å²) in [5, 5.41) is 11.6. The summed E-state index contributed by atoms with van der Waals surface area (Å²) in [6, 6.07) is 3.71. The number of rotatable bonds is 2. The van der Waals surface area contributed by atoms with E-state index in [0.717, 1.165) is 11.4 Å². The standard InChI is InChI=1S/C10H11N5O/c1-7-6-8(2-3-12-7)15-5-4-13-10(15)9(11)14-16/h2-6,16H,1H3,(H2,11,14). The van der Waals surface area contributed by atoms with Crippen molar-refractivity contribution in [3.63, 3.8) is 0 Å². The van der Waals surface area contributed by atoms with Crippen molar-refractivity contribution in [1.29, 1.82) is 0 Å². The number of hydrogen-bond donors (Lipinski definition) is 2. The summed E-state index contributed by atoms with van der Waals surface area (Å²) in [4.78, 5) is 8.12. The maximum atomic E-state index is 8.63. The third kappa shape index (κ3) is 1.72. The second-order valence-corrected chi connectivity index (χ2v) is 3.26. The largest absolute Gasteiger partial charge is 0.409 e. The van der Waals surface area contributed by atoms with Crippen LogP contribution in [0.1, 0.15) is 11.5 Å². The molecule has 0 fully saturated rings. The van der Waals surface area contributed by atoms with Gasteiger partial charge < -0.3 is 10.9 Å². The van der Waals surface area contributed by atoms with E-state index in [1.165, 1.54) is 0 Å². The van der Waals surface area contributed by atoms with Crippen LogP contribution in [0.25, 0.3) is 5.69 Å². The van der Waals surface area contributed by atoms with Crippen LogP contribution >= 0.6 is 0 Å². The smallest absolute Gasteiger partial charge is 0.206 e. The molecule has 0 spiro atoms. The molecule has 0 amide bonds. The minimum atomic E-state index is -0.0283. The minimum Gasteiger partial charge on any atom is -0.409 e. The average Bonchev–Trinajstić information content (AvgIpc) is 2.77. The fourth-order valence-electron chi connectivity index (χ4n) is 1.43. The lowest BCUT2D eigenvalue weighted by molar-refractivity contribution is 0.318. The van der Waals surface area contributed by atoms with E-state index in [9.17, 15) is 0 Å². The Balaban J connectivity index is 2.53. The molecule has 82 valence electrons. The molecule has 0 aliphatic heterocycles. The molecule has 0 bridgehead atoms. The molecule has 0 aliphatic carbocycles. The van der Waals surface area contributed by atoms with Gasteiger partial charge in [-0.15, -0.1) is 0 Å². The SMILES string of the molecule is Cc1cc(-n2ccnc2/C(N)=N/O)ccn1. The summed E-state index contributed by atoms with van der Waals surface area (Å²) in [5.74, 6) is 0.368. The number of oxime groups is 1. The summed E-state index contributed by atoms with van der Waals surface area (Å²) in [5.41, 5.74) is 7.27. The molecular weight excluding hydrogens is 206 g/mol. The van der Waals surface area contributed by atoms with Crippen LogP contribution in [0.5, 0.6) is 0 Å². The van der Waals surface area contributed by atoms with Gasteiger partial charge in [0.25, 0.3) is 0 Å². The maximum absolute atomic E-state index is 8.63. The molecule has 0 atom stereocenters. The third-order valence-corrected chi connectivity index (χ3v) is 2.14. The molecule has 0 aliphatic rings. The highest BCUT2D eigenvalue weighted by molar-refractivity contribution is 5.94. The molecular formula is C10H11N5O. The lowest BCUT2D eigenvalue weighted by atomic mass is 10.3. The first kappa shape index (κ1) is 10.2. The molecule has 0 aromatic carbocycles. The van der Waals surface area contributed by atoms with Gasteiger partial charge in [0.2, 0.25) is 5.84 Å². The number of aryl methyl sites for hydroxylation is 1. The molecule has 2 heterocycles. The van der Waals surface area contributed by atoms with Crippen molar-refractivity contribution >= 4 is 5.84 Å². The number of amidine groups is 1. The second-order valence-electron chi connectivity index (χ2n) is 3.26. The quantitative estimate of drug-likeness (QED) is 0.335. The highest BCUT2D eigenvalue weighted by atomic mass is 16.4. The summed E-state index contributed by atoms with van der Waals surface area (Å²) in [7, 11) is 0. The van der Waals surface area contributed by atoms with Gasteiger partial charge in [0.15, 0.2) is 5.82 Å². The molecule has 0 unspecified atom stereocenters. The zero-order valence-corrected chi connectivity index (χ0v) is 8.70. The Morgan fingerprint density at radius 1 is 1.44 bits per heavy atom. The summed E-state index contributed by atoms with van der Waals surface area (Å²) in [6.07, 6.45) is 5.02. The Morgan fingerprint density at radius 2 is 2.25 bits per heavy atom. The molecule has 0 radical (unpaired) electrons. The van der Waals surface area contributed by atoms with Gasteiger partial charge in [0.1, 0.15) is 0 Å². The molecule has 0 saturated heterocycles. The Bertz CT molecular complexity index is 532. The van der Waals surface area contributed by atoms with Crippen molar-refractivity contribution in [3.8, 4) is 5.69 Å². The van der Waals surface area contributed by atoms with Crippen LogP contribution in [0, 0.1) is 6.92 Å². The normalized spacial score (nSPS) is 11.7. The number of nitrogens with two attached hydrogens (primary N) is 1. The topological polar surface area (TPSA) is 89.3 Å². The van der Waals surface area contributed by atoms with Gasteiger partial charge in [-0.2, -0.15) is 0 Å². The van der Waals surface area contributed by atoms with Crippen LogP contribution in [-0.4, -0.2) is 25.6 Å². The molecule has 2 rings (SSSR count). The number of aromatic nitrogens is 3. The van der Waals surface area contributed by atoms with Gasteiger partial charge in [-0.1, -0.05) is 5.16 Å². The Morgan fingerprint density at radius 3 is 2.94 bits per heavy atom. The van der Waals surface area contributed by atoms with E-state index in [4.69, 9.17) is 10.9 Å². The van der Waals surface area contributed by atoms with E-state index in [0.29, 0.717) is 5.82 Å². The highest BCUT2D eigenvalue weighted by Gasteiger charge is 2.09. The zero-order chi connectivity index (χ0) is 11.5. The van der Waals surface area contributed by atoms with E-state index in [-0.39, 0.29) is 5.84 Å². The molecule has 16 heavy (non-hydrogen) atoms. The van der Waals surface area contributed by atoms with E-state index < -0.39 is 0 Å². The Labute approximate surface area is 92.1 Å². The number of hydrogen-bond acceptors (Lipinski definition) is 4. The second kappa shape index (κ2) is 4.01. The molecule has 0 saturated carbocycles. The fraction of sp³-hybridized carbons (Fsp3) is 0.100. The van der Waals surface area contributed by atoms with Crippen LogP contribution in [0.2, 0.25) is 0 Å². The Hall–Kier alpha value is -2.37. The van der Waals surface area contributed by atoms with Gasteiger partial charge in [0, 0.05) is 24.3 Å². The zero-order valence-electron chi connectivity index (χ0n) is 8.70. The maximum Gasteiger partial charge on any atom is 0.206 e. The lowest BCUT2D eigenvalue weighted by Gasteiger charge is -2.06. The van der Waals surface area contributed by atoms with Gasteiger partial charge in [-0.3, -0.25) is 9.55 Å². The molecule has 3 N–H and O–H groups in total. The molecule has 2 aromatic rings. The Kier molecular flexibility index (Phi) is 2.55.